The van der Waals surface area contributed by atoms with E-state index in [1.54, 1.807) is 12.3 Å². The number of anilines is 2. The van der Waals surface area contributed by atoms with Crippen molar-refractivity contribution in [3.05, 3.63) is 28.7 Å². The molecule has 0 aliphatic rings. The average Bonchev–Trinajstić information content (AvgIpc) is 2.81. The van der Waals surface area contributed by atoms with E-state index in [1.807, 2.05) is 0 Å². The van der Waals surface area contributed by atoms with Crippen LogP contribution in [0.1, 0.15) is 5.69 Å². The molecule has 16 heavy (non-hydrogen) atoms. The van der Waals surface area contributed by atoms with Crippen LogP contribution < -0.4 is 16.6 Å². The summed E-state index contributed by atoms with van der Waals surface area (Å²) in [5, 5.41) is 6.84. The molecule has 4 N–H and O–H groups in total. The number of nitrogens with zero attached hydrogens (tertiary/aromatic N) is 3. The number of nitrogens with two attached hydrogens (primary N) is 1. The van der Waals surface area contributed by atoms with Crippen molar-refractivity contribution in [1.29, 1.82) is 0 Å². The number of halogens is 1. The fourth-order valence-electron chi connectivity index (χ4n) is 1.06. The summed E-state index contributed by atoms with van der Waals surface area (Å²) in [6.45, 7) is 0.510. The van der Waals surface area contributed by atoms with Gasteiger partial charge in [-0.05, 0) is 15.9 Å². The Labute approximate surface area is 99.5 Å². The van der Waals surface area contributed by atoms with Crippen molar-refractivity contribution in [3.8, 4) is 0 Å². The van der Waals surface area contributed by atoms with E-state index in [1.165, 1.54) is 6.26 Å². The maximum Gasteiger partial charge on any atom is 0.239 e. The van der Waals surface area contributed by atoms with Crippen LogP contribution in [0.4, 0.5) is 11.8 Å². The summed E-state index contributed by atoms with van der Waals surface area (Å²) < 4.78 is 5.46. The highest BCUT2D eigenvalue weighted by atomic mass is 79.9. The Morgan fingerprint density at radius 2 is 2.38 bits per heavy atom. The molecule has 0 saturated heterocycles. The van der Waals surface area contributed by atoms with Crippen LogP contribution in [0.3, 0.4) is 0 Å². The van der Waals surface area contributed by atoms with Crippen molar-refractivity contribution in [3.63, 3.8) is 0 Å². The molecule has 0 aromatic carbocycles. The van der Waals surface area contributed by atoms with Crippen LogP contribution in [0.25, 0.3) is 0 Å². The Morgan fingerprint density at radius 3 is 3.06 bits per heavy atom. The highest BCUT2D eigenvalue weighted by molar-refractivity contribution is 9.10. The summed E-state index contributed by atoms with van der Waals surface area (Å²) in [6.07, 6.45) is 3.12. The molecular weight excluding hydrogens is 276 g/mol. The monoisotopic (exact) mass is 284 g/mol. The van der Waals surface area contributed by atoms with Gasteiger partial charge in [0.05, 0.1) is 11.0 Å². The second-order valence-corrected chi connectivity index (χ2v) is 3.73. The zero-order chi connectivity index (χ0) is 11.4. The molecule has 0 radical (unpaired) electrons. The number of nitrogens with one attached hydrogen (secondary N) is 2. The SMILES string of the molecule is NNc1ncc(Br)c(NCc2ccon2)n1. The van der Waals surface area contributed by atoms with E-state index in [2.05, 4.69) is 41.8 Å². The third-order valence-corrected chi connectivity index (χ3v) is 2.38. The minimum Gasteiger partial charge on any atom is -0.364 e. The Kier molecular flexibility index (Phi) is 3.32. The Balaban J connectivity index is 2.08. The Bertz CT molecular complexity index is 460. The zero-order valence-corrected chi connectivity index (χ0v) is 9.73. The molecule has 2 aromatic heterocycles. The van der Waals surface area contributed by atoms with Gasteiger partial charge in [0.25, 0.3) is 0 Å². The van der Waals surface area contributed by atoms with Crippen LogP contribution in [0.2, 0.25) is 0 Å². The fourth-order valence-corrected chi connectivity index (χ4v) is 1.39. The van der Waals surface area contributed by atoms with E-state index in [4.69, 9.17) is 10.4 Å². The summed E-state index contributed by atoms with van der Waals surface area (Å²) in [7, 11) is 0. The third-order valence-electron chi connectivity index (χ3n) is 1.80. The lowest BCUT2D eigenvalue weighted by molar-refractivity contribution is 0.412. The van der Waals surface area contributed by atoms with Crippen LogP contribution in [0.15, 0.2) is 27.5 Å². The van der Waals surface area contributed by atoms with Gasteiger partial charge in [-0.2, -0.15) is 4.98 Å². The largest absolute Gasteiger partial charge is 0.364 e. The predicted octanol–water partition coefficient (Wildman–Crippen LogP) is 1.12. The van der Waals surface area contributed by atoms with Gasteiger partial charge in [-0.1, -0.05) is 5.16 Å². The maximum atomic E-state index is 5.21. The maximum absolute atomic E-state index is 5.21. The van der Waals surface area contributed by atoms with Gasteiger partial charge in [0.15, 0.2) is 0 Å². The molecule has 0 fully saturated rings. The molecule has 0 bridgehead atoms. The van der Waals surface area contributed by atoms with E-state index in [-0.39, 0.29) is 0 Å². The molecule has 0 atom stereocenters. The summed E-state index contributed by atoms with van der Waals surface area (Å²) in [6, 6.07) is 1.77. The van der Waals surface area contributed by atoms with E-state index in [0.717, 1.165) is 10.2 Å². The molecule has 2 rings (SSSR count). The van der Waals surface area contributed by atoms with Gasteiger partial charge < -0.3 is 9.84 Å². The highest BCUT2D eigenvalue weighted by Gasteiger charge is 2.04. The average molecular weight is 285 g/mol. The molecule has 2 aromatic rings. The standard InChI is InChI=1S/C8H9BrN6O/c9-6-4-12-8(14-10)13-7(6)11-3-5-1-2-16-15-5/h1-2,4H,3,10H2,(H2,11,12,13,14). The second-order valence-electron chi connectivity index (χ2n) is 2.88. The van der Waals surface area contributed by atoms with Crippen LogP contribution >= 0.6 is 15.9 Å². The van der Waals surface area contributed by atoms with Gasteiger partial charge in [0.2, 0.25) is 5.95 Å². The van der Waals surface area contributed by atoms with Crippen LogP contribution in [-0.4, -0.2) is 15.1 Å². The van der Waals surface area contributed by atoms with Crippen molar-refractivity contribution < 1.29 is 4.52 Å². The highest BCUT2D eigenvalue weighted by Crippen LogP contribution is 2.20. The number of hydrogen-bond acceptors (Lipinski definition) is 7. The van der Waals surface area contributed by atoms with E-state index in [0.29, 0.717) is 18.3 Å². The van der Waals surface area contributed by atoms with Crippen LogP contribution in [0, 0.1) is 0 Å². The number of aromatic nitrogens is 3. The minimum absolute atomic E-state index is 0.339. The topological polar surface area (TPSA) is 102 Å². The molecule has 0 aliphatic carbocycles. The van der Waals surface area contributed by atoms with Crippen molar-refractivity contribution in [2.24, 2.45) is 5.84 Å². The van der Waals surface area contributed by atoms with E-state index < -0.39 is 0 Å². The van der Waals surface area contributed by atoms with E-state index >= 15 is 0 Å². The first-order valence-corrected chi connectivity index (χ1v) is 5.21. The summed E-state index contributed by atoms with van der Waals surface area (Å²) in [4.78, 5) is 8.06. The molecule has 84 valence electrons. The molecule has 0 unspecified atom stereocenters. The van der Waals surface area contributed by atoms with Crippen molar-refractivity contribution >= 4 is 27.7 Å². The zero-order valence-electron chi connectivity index (χ0n) is 8.14. The van der Waals surface area contributed by atoms with Crippen LogP contribution in [-0.2, 0) is 6.54 Å². The molecule has 2 heterocycles. The number of hydrazine groups is 1. The molecule has 7 nitrogen and oxygen atoms in total. The summed E-state index contributed by atoms with van der Waals surface area (Å²) >= 11 is 3.32. The molecular formula is C8H9BrN6O. The molecule has 8 heteroatoms. The molecule has 0 saturated carbocycles. The predicted molar refractivity (Wildman–Crippen MR) is 61.4 cm³/mol. The number of rotatable bonds is 4. The number of hydrogen-bond donors (Lipinski definition) is 3. The van der Waals surface area contributed by atoms with E-state index in [9.17, 15) is 0 Å². The van der Waals surface area contributed by atoms with Crippen LogP contribution in [0.5, 0.6) is 0 Å². The lowest BCUT2D eigenvalue weighted by Gasteiger charge is -2.06. The lowest BCUT2D eigenvalue weighted by atomic mass is 10.4. The quantitative estimate of drug-likeness (QED) is 0.571. The normalized spacial score (nSPS) is 10.1. The Hall–Kier alpha value is -1.67. The van der Waals surface area contributed by atoms with Gasteiger partial charge in [-0.3, -0.25) is 5.43 Å². The first kappa shape index (κ1) is 10.8. The molecule has 0 amide bonds. The smallest absolute Gasteiger partial charge is 0.239 e. The van der Waals surface area contributed by atoms with Gasteiger partial charge in [-0.25, -0.2) is 10.8 Å². The molecule has 0 spiro atoms. The Morgan fingerprint density at radius 1 is 1.50 bits per heavy atom. The van der Waals surface area contributed by atoms with Crippen molar-refractivity contribution in [2.75, 3.05) is 10.7 Å². The van der Waals surface area contributed by atoms with Gasteiger partial charge in [-0.15, -0.1) is 0 Å². The first-order chi connectivity index (χ1) is 7.79. The third kappa shape index (κ3) is 2.47. The second kappa shape index (κ2) is 4.90. The summed E-state index contributed by atoms with van der Waals surface area (Å²) in [5.41, 5.74) is 3.16. The number of nitrogen functional groups attached to an aromatic ring is 1. The lowest BCUT2D eigenvalue weighted by Crippen LogP contribution is -2.12. The van der Waals surface area contributed by atoms with Gasteiger partial charge in [0.1, 0.15) is 17.8 Å². The van der Waals surface area contributed by atoms with Crippen molar-refractivity contribution in [1.82, 2.24) is 15.1 Å². The molecule has 0 aliphatic heterocycles. The van der Waals surface area contributed by atoms with Gasteiger partial charge >= 0.3 is 0 Å². The minimum atomic E-state index is 0.339. The first-order valence-electron chi connectivity index (χ1n) is 4.42. The van der Waals surface area contributed by atoms with Crippen molar-refractivity contribution in [2.45, 2.75) is 6.54 Å². The summed E-state index contributed by atoms with van der Waals surface area (Å²) in [5.74, 6) is 6.18. The fraction of sp³-hybridized carbons (Fsp3) is 0.125. The van der Waals surface area contributed by atoms with Gasteiger partial charge in [0, 0.05) is 12.3 Å².